The Kier molecular flexibility index (Phi) is 6.10. The van der Waals surface area contributed by atoms with Crippen LogP contribution < -0.4 is 10.2 Å². The first-order chi connectivity index (χ1) is 15.3. The topological polar surface area (TPSA) is 62.3 Å². The first kappa shape index (κ1) is 21.8. The van der Waals surface area contributed by atoms with Crippen LogP contribution in [0, 0.1) is 13.8 Å². The van der Waals surface area contributed by atoms with E-state index in [1.54, 1.807) is 23.1 Å². The standard InChI is InChI=1S/C26H24ClN3O2/c1-16-7-4-5-9-20(16)25(31)29-24-13-18(3)22(15-28-24)26(32)30-12-6-8-17(2)21-14-19(27)10-11-23(21)30/h4-5,7,9-11,13-15H,2,6,8,12H2,1,3H3,(H,28,29,31). The van der Waals surface area contributed by atoms with Crippen LogP contribution in [0.1, 0.15) is 50.2 Å². The average molecular weight is 446 g/mol. The lowest BCUT2D eigenvalue weighted by atomic mass is 10.0. The van der Waals surface area contributed by atoms with Gasteiger partial charge < -0.3 is 10.2 Å². The van der Waals surface area contributed by atoms with E-state index >= 15 is 0 Å². The molecule has 0 saturated heterocycles. The average Bonchev–Trinajstić information content (AvgIpc) is 2.92. The highest BCUT2D eigenvalue weighted by Gasteiger charge is 2.25. The molecule has 1 aliphatic heterocycles. The molecule has 0 aliphatic carbocycles. The number of carbonyl (C=O) groups is 2. The summed E-state index contributed by atoms with van der Waals surface area (Å²) in [5.74, 6) is 0.0414. The number of hydrogen-bond acceptors (Lipinski definition) is 3. The van der Waals surface area contributed by atoms with Crippen molar-refractivity contribution in [2.75, 3.05) is 16.8 Å². The van der Waals surface area contributed by atoms with Gasteiger partial charge in [-0.25, -0.2) is 4.98 Å². The number of halogens is 1. The summed E-state index contributed by atoms with van der Waals surface area (Å²) in [6.45, 7) is 8.47. The van der Waals surface area contributed by atoms with Crippen molar-refractivity contribution < 1.29 is 9.59 Å². The minimum atomic E-state index is -0.231. The van der Waals surface area contributed by atoms with Crippen molar-refractivity contribution >= 4 is 40.5 Å². The highest BCUT2D eigenvalue weighted by atomic mass is 35.5. The molecule has 1 aromatic heterocycles. The number of pyridine rings is 1. The number of anilines is 2. The second-order valence-electron chi connectivity index (χ2n) is 7.98. The zero-order chi connectivity index (χ0) is 22.8. The summed E-state index contributed by atoms with van der Waals surface area (Å²) in [5.41, 5.74) is 5.38. The number of benzene rings is 2. The third-order valence-electron chi connectivity index (χ3n) is 5.71. The van der Waals surface area contributed by atoms with Crippen LogP contribution in [-0.2, 0) is 0 Å². The Morgan fingerprint density at radius 1 is 1.06 bits per heavy atom. The van der Waals surface area contributed by atoms with Crippen LogP contribution in [0.15, 0.2) is 61.3 Å². The molecule has 0 fully saturated rings. The minimum Gasteiger partial charge on any atom is -0.308 e. The zero-order valence-electron chi connectivity index (χ0n) is 18.1. The highest BCUT2D eigenvalue weighted by Crippen LogP contribution is 2.35. The van der Waals surface area contributed by atoms with E-state index in [0.717, 1.165) is 40.8 Å². The van der Waals surface area contributed by atoms with Crippen LogP contribution in [-0.4, -0.2) is 23.3 Å². The summed E-state index contributed by atoms with van der Waals surface area (Å²) in [6.07, 6.45) is 3.15. The van der Waals surface area contributed by atoms with Crippen LogP contribution in [0.2, 0.25) is 5.02 Å². The fraction of sp³-hybridized carbons (Fsp3) is 0.192. The van der Waals surface area contributed by atoms with Gasteiger partial charge >= 0.3 is 0 Å². The molecule has 0 atom stereocenters. The van der Waals surface area contributed by atoms with Gasteiger partial charge in [-0.2, -0.15) is 0 Å². The predicted octanol–water partition coefficient (Wildman–Crippen LogP) is 6.06. The van der Waals surface area contributed by atoms with E-state index in [9.17, 15) is 9.59 Å². The quantitative estimate of drug-likeness (QED) is 0.533. The third-order valence-corrected chi connectivity index (χ3v) is 5.94. The summed E-state index contributed by atoms with van der Waals surface area (Å²) >= 11 is 6.19. The number of nitrogens with zero attached hydrogens (tertiary/aromatic N) is 2. The van der Waals surface area contributed by atoms with E-state index in [4.69, 9.17) is 11.6 Å². The lowest BCUT2D eigenvalue weighted by Crippen LogP contribution is -2.32. The van der Waals surface area contributed by atoms with E-state index in [1.165, 1.54) is 6.20 Å². The number of amides is 2. The van der Waals surface area contributed by atoms with Crippen molar-refractivity contribution in [2.24, 2.45) is 0 Å². The van der Waals surface area contributed by atoms with Gasteiger partial charge in [-0.1, -0.05) is 36.4 Å². The maximum absolute atomic E-state index is 13.5. The highest BCUT2D eigenvalue weighted by molar-refractivity contribution is 6.31. The van der Waals surface area contributed by atoms with Gasteiger partial charge in [-0.3, -0.25) is 9.59 Å². The number of fused-ring (bicyclic) bond motifs is 1. The molecule has 3 aromatic rings. The second kappa shape index (κ2) is 8.97. The van der Waals surface area contributed by atoms with Crippen molar-refractivity contribution in [3.05, 3.63) is 94.1 Å². The van der Waals surface area contributed by atoms with Crippen molar-refractivity contribution in [2.45, 2.75) is 26.7 Å². The molecule has 2 amide bonds. The van der Waals surface area contributed by atoms with Gasteiger partial charge in [0.2, 0.25) is 0 Å². The summed E-state index contributed by atoms with van der Waals surface area (Å²) in [5, 5.41) is 3.44. The molecule has 2 aromatic carbocycles. The molecule has 32 heavy (non-hydrogen) atoms. The number of aromatic nitrogens is 1. The molecule has 2 heterocycles. The number of aryl methyl sites for hydroxylation is 2. The molecule has 162 valence electrons. The Hall–Kier alpha value is -3.44. The van der Waals surface area contributed by atoms with Crippen molar-refractivity contribution in [1.29, 1.82) is 0 Å². The zero-order valence-corrected chi connectivity index (χ0v) is 18.9. The van der Waals surface area contributed by atoms with Crippen LogP contribution in [0.4, 0.5) is 11.5 Å². The predicted molar refractivity (Wildman–Crippen MR) is 130 cm³/mol. The Bertz CT molecular complexity index is 1240. The van der Waals surface area contributed by atoms with Crippen molar-refractivity contribution in [3.8, 4) is 0 Å². The molecular weight excluding hydrogens is 422 g/mol. The number of nitrogens with one attached hydrogen (secondary N) is 1. The van der Waals surface area contributed by atoms with Gasteiger partial charge in [0.1, 0.15) is 5.82 Å². The maximum atomic E-state index is 13.5. The summed E-state index contributed by atoms with van der Waals surface area (Å²) in [7, 11) is 0. The van der Waals surface area contributed by atoms with Gasteiger partial charge in [-0.05, 0) is 73.7 Å². The third kappa shape index (κ3) is 4.30. The Morgan fingerprint density at radius 2 is 1.84 bits per heavy atom. The normalized spacial score (nSPS) is 13.3. The van der Waals surface area contributed by atoms with E-state index in [1.807, 2.05) is 44.2 Å². The summed E-state index contributed by atoms with van der Waals surface area (Å²) in [4.78, 5) is 32.2. The van der Waals surface area contributed by atoms with Crippen LogP contribution in [0.25, 0.3) is 5.57 Å². The number of hydrogen-bond donors (Lipinski definition) is 1. The minimum absolute atomic E-state index is 0.134. The van der Waals surface area contributed by atoms with Crippen LogP contribution in [0.5, 0.6) is 0 Å². The van der Waals surface area contributed by atoms with Crippen molar-refractivity contribution in [3.63, 3.8) is 0 Å². The van der Waals surface area contributed by atoms with E-state index in [2.05, 4.69) is 16.9 Å². The SMILES string of the molecule is C=C1CCCN(C(=O)c2cnc(NC(=O)c3ccccc3C)cc2C)c2ccc(Cl)cc21. The van der Waals surface area contributed by atoms with Gasteiger partial charge in [0.15, 0.2) is 0 Å². The van der Waals surface area contributed by atoms with E-state index < -0.39 is 0 Å². The number of allylic oxidation sites excluding steroid dienone is 1. The Balaban J connectivity index is 1.60. The van der Waals surface area contributed by atoms with Gasteiger partial charge in [0.25, 0.3) is 11.8 Å². The smallest absolute Gasteiger partial charge is 0.260 e. The molecule has 0 saturated carbocycles. The van der Waals surface area contributed by atoms with Gasteiger partial charge in [-0.15, -0.1) is 0 Å². The molecule has 1 N–H and O–H groups in total. The number of rotatable bonds is 3. The molecule has 4 rings (SSSR count). The molecule has 0 radical (unpaired) electrons. The monoisotopic (exact) mass is 445 g/mol. The first-order valence-electron chi connectivity index (χ1n) is 10.5. The Morgan fingerprint density at radius 3 is 2.59 bits per heavy atom. The van der Waals surface area contributed by atoms with Crippen molar-refractivity contribution in [1.82, 2.24) is 4.98 Å². The fourth-order valence-electron chi connectivity index (χ4n) is 3.95. The molecule has 0 unspecified atom stereocenters. The Labute approximate surface area is 192 Å². The summed E-state index contributed by atoms with van der Waals surface area (Å²) in [6, 6.07) is 14.6. The van der Waals surface area contributed by atoms with Crippen LogP contribution in [0.3, 0.4) is 0 Å². The first-order valence-corrected chi connectivity index (χ1v) is 10.9. The number of carbonyl (C=O) groups excluding carboxylic acids is 2. The molecule has 5 nitrogen and oxygen atoms in total. The summed E-state index contributed by atoms with van der Waals surface area (Å²) < 4.78 is 0. The largest absolute Gasteiger partial charge is 0.308 e. The lowest BCUT2D eigenvalue weighted by Gasteiger charge is -2.24. The van der Waals surface area contributed by atoms with E-state index in [0.29, 0.717) is 28.5 Å². The second-order valence-corrected chi connectivity index (χ2v) is 8.42. The van der Waals surface area contributed by atoms with Gasteiger partial charge in [0.05, 0.1) is 11.3 Å². The molecule has 6 heteroatoms. The maximum Gasteiger partial charge on any atom is 0.260 e. The molecular formula is C26H24ClN3O2. The fourth-order valence-corrected chi connectivity index (χ4v) is 4.12. The lowest BCUT2D eigenvalue weighted by molar-refractivity contribution is 0.0985. The molecule has 0 bridgehead atoms. The van der Waals surface area contributed by atoms with E-state index in [-0.39, 0.29) is 11.8 Å². The van der Waals surface area contributed by atoms with Gasteiger partial charge in [0, 0.05) is 28.9 Å². The molecule has 1 aliphatic rings. The molecule has 0 spiro atoms. The van der Waals surface area contributed by atoms with Crippen LogP contribution >= 0.6 is 11.6 Å².